The fraction of sp³-hybridized carbons (Fsp3) is 0.579. The number of piperidine rings is 1. The van der Waals surface area contributed by atoms with Crippen molar-refractivity contribution in [2.45, 2.75) is 32.1 Å². The van der Waals surface area contributed by atoms with Crippen molar-refractivity contribution in [3.8, 4) is 0 Å². The number of para-hydroxylation sites is 2. The largest absolute Gasteiger partial charge is 0.423 e. The van der Waals surface area contributed by atoms with E-state index in [1.807, 2.05) is 36.2 Å². The molecule has 0 N–H and O–H groups in total. The van der Waals surface area contributed by atoms with Gasteiger partial charge in [-0.1, -0.05) is 18.6 Å². The summed E-state index contributed by atoms with van der Waals surface area (Å²) in [4.78, 5) is 21.3. The number of amides is 1. The molecule has 2 fully saturated rings. The highest BCUT2D eigenvalue weighted by Gasteiger charge is 2.30. The van der Waals surface area contributed by atoms with Crippen LogP contribution in [-0.2, 0) is 4.79 Å². The Morgan fingerprint density at radius 3 is 2.67 bits per heavy atom. The van der Waals surface area contributed by atoms with Crippen molar-refractivity contribution < 1.29 is 9.21 Å². The highest BCUT2D eigenvalue weighted by molar-refractivity contribution is 5.79. The van der Waals surface area contributed by atoms with E-state index < -0.39 is 0 Å². The standard InChI is InChI=1S/C19H25N3O2/c1-21(13-14-5-4-6-14)18(23)15-9-11-22(12-10-15)19-20-16-7-2-3-8-17(16)24-19/h2-3,7-8,14-15H,4-6,9-13H2,1H3. The maximum atomic E-state index is 12.6. The molecule has 1 aliphatic heterocycles. The van der Waals surface area contributed by atoms with Gasteiger partial charge in [-0.25, -0.2) is 0 Å². The minimum atomic E-state index is 0.149. The zero-order valence-corrected chi connectivity index (χ0v) is 14.3. The van der Waals surface area contributed by atoms with Gasteiger partial charge in [0, 0.05) is 32.6 Å². The summed E-state index contributed by atoms with van der Waals surface area (Å²) in [5, 5.41) is 0. The Hall–Kier alpha value is -2.04. The number of hydrogen-bond donors (Lipinski definition) is 0. The Morgan fingerprint density at radius 2 is 2.00 bits per heavy atom. The highest BCUT2D eigenvalue weighted by atomic mass is 16.4. The van der Waals surface area contributed by atoms with Gasteiger partial charge in [-0.3, -0.25) is 4.79 Å². The summed E-state index contributed by atoms with van der Waals surface area (Å²) in [7, 11) is 1.97. The Kier molecular flexibility index (Phi) is 4.17. The predicted molar refractivity (Wildman–Crippen MR) is 93.9 cm³/mol. The number of nitrogens with zero attached hydrogens (tertiary/aromatic N) is 3. The quantitative estimate of drug-likeness (QED) is 0.864. The van der Waals surface area contributed by atoms with E-state index in [0.717, 1.165) is 49.5 Å². The van der Waals surface area contributed by atoms with Crippen molar-refractivity contribution >= 4 is 23.0 Å². The summed E-state index contributed by atoms with van der Waals surface area (Å²) in [5.74, 6) is 1.20. The van der Waals surface area contributed by atoms with E-state index in [2.05, 4.69) is 9.88 Å². The van der Waals surface area contributed by atoms with Crippen LogP contribution in [0.4, 0.5) is 6.01 Å². The second-order valence-corrected chi connectivity index (χ2v) is 7.24. The maximum absolute atomic E-state index is 12.6. The second kappa shape index (κ2) is 6.46. The Balaban J connectivity index is 1.34. The summed E-state index contributed by atoms with van der Waals surface area (Å²) in [6, 6.07) is 8.52. The lowest BCUT2D eigenvalue weighted by atomic mass is 9.85. The van der Waals surface area contributed by atoms with Crippen molar-refractivity contribution in [2.75, 3.05) is 31.6 Å². The molecule has 1 aromatic heterocycles. The summed E-state index contributed by atoms with van der Waals surface area (Å²) >= 11 is 0. The van der Waals surface area contributed by atoms with E-state index in [9.17, 15) is 4.79 Å². The number of aromatic nitrogens is 1. The number of carbonyl (C=O) groups excluding carboxylic acids is 1. The minimum Gasteiger partial charge on any atom is -0.423 e. The van der Waals surface area contributed by atoms with Gasteiger partial charge in [0.2, 0.25) is 5.91 Å². The number of benzene rings is 1. The van der Waals surface area contributed by atoms with Gasteiger partial charge >= 0.3 is 0 Å². The zero-order valence-electron chi connectivity index (χ0n) is 14.3. The van der Waals surface area contributed by atoms with E-state index in [0.29, 0.717) is 11.9 Å². The van der Waals surface area contributed by atoms with Gasteiger partial charge in [-0.2, -0.15) is 4.98 Å². The number of oxazole rings is 1. The molecular formula is C19H25N3O2. The van der Waals surface area contributed by atoms with Crippen LogP contribution in [0.1, 0.15) is 32.1 Å². The maximum Gasteiger partial charge on any atom is 0.298 e. The SMILES string of the molecule is CN(CC1CCC1)C(=O)C1CCN(c2nc3ccccc3o2)CC1. The minimum absolute atomic E-state index is 0.149. The van der Waals surface area contributed by atoms with Crippen LogP contribution in [-0.4, -0.2) is 42.5 Å². The van der Waals surface area contributed by atoms with E-state index in [1.54, 1.807) is 0 Å². The number of fused-ring (bicyclic) bond motifs is 1. The van der Waals surface area contributed by atoms with Crippen molar-refractivity contribution in [1.82, 2.24) is 9.88 Å². The number of anilines is 1. The first-order valence-electron chi connectivity index (χ1n) is 9.06. The fourth-order valence-corrected chi connectivity index (χ4v) is 3.78. The molecule has 2 aromatic rings. The third kappa shape index (κ3) is 2.99. The highest BCUT2D eigenvalue weighted by Crippen LogP contribution is 2.29. The summed E-state index contributed by atoms with van der Waals surface area (Å²) < 4.78 is 5.84. The van der Waals surface area contributed by atoms with E-state index >= 15 is 0 Å². The lowest BCUT2D eigenvalue weighted by molar-refractivity contribution is -0.135. The Bertz CT molecular complexity index is 681. The molecule has 0 unspecified atom stereocenters. The molecule has 2 heterocycles. The Labute approximate surface area is 142 Å². The number of rotatable bonds is 4. The van der Waals surface area contributed by atoms with Gasteiger partial charge in [0.05, 0.1) is 0 Å². The monoisotopic (exact) mass is 327 g/mol. The van der Waals surface area contributed by atoms with Crippen LogP contribution in [0.25, 0.3) is 11.1 Å². The fourth-order valence-electron chi connectivity index (χ4n) is 3.78. The molecule has 24 heavy (non-hydrogen) atoms. The average Bonchev–Trinajstić information content (AvgIpc) is 3.01. The first-order chi connectivity index (χ1) is 11.7. The van der Waals surface area contributed by atoms with E-state index in [-0.39, 0.29) is 5.92 Å². The number of hydrogen-bond acceptors (Lipinski definition) is 4. The van der Waals surface area contributed by atoms with E-state index in [1.165, 1.54) is 19.3 Å². The third-order valence-corrected chi connectivity index (χ3v) is 5.53. The lowest BCUT2D eigenvalue weighted by Crippen LogP contribution is -2.43. The van der Waals surface area contributed by atoms with Crippen LogP contribution in [0.3, 0.4) is 0 Å². The molecule has 0 radical (unpaired) electrons. The van der Waals surface area contributed by atoms with Gasteiger partial charge in [0.1, 0.15) is 5.52 Å². The van der Waals surface area contributed by atoms with Crippen molar-refractivity contribution in [2.24, 2.45) is 11.8 Å². The van der Waals surface area contributed by atoms with Crippen molar-refractivity contribution in [1.29, 1.82) is 0 Å². The van der Waals surface area contributed by atoms with Crippen LogP contribution in [0.15, 0.2) is 28.7 Å². The van der Waals surface area contributed by atoms with Gasteiger partial charge in [-0.05, 0) is 43.7 Å². The van der Waals surface area contributed by atoms with Crippen molar-refractivity contribution in [3.05, 3.63) is 24.3 Å². The van der Waals surface area contributed by atoms with Crippen LogP contribution in [0.2, 0.25) is 0 Å². The molecule has 1 aromatic carbocycles. The van der Waals surface area contributed by atoms with Gasteiger partial charge in [0.25, 0.3) is 6.01 Å². The molecule has 5 nitrogen and oxygen atoms in total. The molecule has 0 spiro atoms. The van der Waals surface area contributed by atoms with Gasteiger partial charge < -0.3 is 14.2 Å². The average molecular weight is 327 g/mol. The molecular weight excluding hydrogens is 302 g/mol. The molecule has 4 rings (SSSR count). The topological polar surface area (TPSA) is 49.6 Å². The molecule has 1 saturated carbocycles. The van der Waals surface area contributed by atoms with Gasteiger partial charge in [0.15, 0.2) is 5.58 Å². The molecule has 5 heteroatoms. The lowest BCUT2D eigenvalue weighted by Gasteiger charge is -2.35. The zero-order chi connectivity index (χ0) is 16.5. The molecule has 128 valence electrons. The summed E-state index contributed by atoms with van der Waals surface area (Å²) in [6.07, 6.45) is 5.66. The molecule has 0 atom stereocenters. The molecule has 1 aliphatic carbocycles. The normalized spacial score (nSPS) is 19.5. The van der Waals surface area contributed by atoms with E-state index in [4.69, 9.17) is 4.42 Å². The predicted octanol–water partition coefficient (Wildman–Crippen LogP) is 3.30. The molecule has 2 aliphatic rings. The molecule has 0 bridgehead atoms. The second-order valence-electron chi connectivity index (χ2n) is 7.24. The third-order valence-electron chi connectivity index (χ3n) is 5.53. The summed E-state index contributed by atoms with van der Waals surface area (Å²) in [6.45, 7) is 2.60. The first-order valence-corrected chi connectivity index (χ1v) is 9.06. The molecule has 1 amide bonds. The Morgan fingerprint density at radius 1 is 1.25 bits per heavy atom. The first kappa shape index (κ1) is 15.5. The van der Waals surface area contributed by atoms with Crippen LogP contribution in [0, 0.1) is 11.8 Å². The van der Waals surface area contributed by atoms with Crippen LogP contribution < -0.4 is 4.90 Å². The molecule has 1 saturated heterocycles. The van der Waals surface area contributed by atoms with Crippen LogP contribution in [0.5, 0.6) is 0 Å². The summed E-state index contributed by atoms with van der Waals surface area (Å²) in [5.41, 5.74) is 1.72. The van der Waals surface area contributed by atoms with Crippen LogP contribution >= 0.6 is 0 Å². The number of carbonyl (C=O) groups is 1. The smallest absolute Gasteiger partial charge is 0.298 e. The van der Waals surface area contributed by atoms with Crippen molar-refractivity contribution in [3.63, 3.8) is 0 Å². The van der Waals surface area contributed by atoms with Gasteiger partial charge in [-0.15, -0.1) is 0 Å².